The standard InChI is InChI=1S/C19H27NO4/c1-13(2)19(18(22)23)9-10-20(12-19)17(21)14(3)11-15-5-7-16(24-4)8-6-15/h5-8,13-14H,9-12H2,1-4H3,(H,22,23). The Morgan fingerprint density at radius 1 is 1.25 bits per heavy atom. The van der Waals surface area contributed by atoms with Crippen molar-refractivity contribution in [2.24, 2.45) is 17.3 Å². The fourth-order valence-electron chi connectivity index (χ4n) is 3.43. The normalized spacial score (nSPS) is 21.8. The second-order valence-electron chi connectivity index (χ2n) is 7.08. The maximum atomic E-state index is 12.7. The molecule has 5 nitrogen and oxygen atoms in total. The van der Waals surface area contributed by atoms with Gasteiger partial charge in [-0.3, -0.25) is 9.59 Å². The van der Waals surface area contributed by atoms with Crippen molar-refractivity contribution in [2.45, 2.75) is 33.6 Å². The van der Waals surface area contributed by atoms with Gasteiger partial charge in [-0.25, -0.2) is 0 Å². The van der Waals surface area contributed by atoms with Crippen molar-refractivity contribution in [2.75, 3.05) is 20.2 Å². The molecule has 24 heavy (non-hydrogen) atoms. The Bertz CT molecular complexity index is 596. The van der Waals surface area contributed by atoms with E-state index in [0.29, 0.717) is 25.9 Å². The number of carboxylic acid groups (broad SMARTS) is 1. The van der Waals surface area contributed by atoms with Crippen molar-refractivity contribution in [3.8, 4) is 5.75 Å². The van der Waals surface area contributed by atoms with Gasteiger partial charge in [0.2, 0.25) is 5.91 Å². The van der Waals surface area contributed by atoms with Crippen LogP contribution in [0, 0.1) is 17.3 Å². The number of hydrogen-bond acceptors (Lipinski definition) is 3. The van der Waals surface area contributed by atoms with Crippen LogP contribution < -0.4 is 4.74 Å². The van der Waals surface area contributed by atoms with E-state index in [9.17, 15) is 14.7 Å². The van der Waals surface area contributed by atoms with Gasteiger partial charge in [-0.05, 0) is 36.5 Å². The number of benzene rings is 1. The lowest BCUT2D eigenvalue weighted by atomic mass is 9.76. The third-order valence-electron chi connectivity index (χ3n) is 5.27. The van der Waals surface area contributed by atoms with E-state index in [4.69, 9.17) is 4.74 Å². The molecule has 0 radical (unpaired) electrons. The molecule has 1 N–H and O–H groups in total. The zero-order chi connectivity index (χ0) is 17.9. The van der Waals surface area contributed by atoms with Gasteiger partial charge in [-0.15, -0.1) is 0 Å². The van der Waals surface area contributed by atoms with Crippen LogP contribution in [-0.4, -0.2) is 42.1 Å². The first-order valence-corrected chi connectivity index (χ1v) is 8.45. The summed E-state index contributed by atoms with van der Waals surface area (Å²) < 4.78 is 5.14. The molecule has 1 saturated heterocycles. The molecule has 1 aromatic rings. The number of aliphatic carboxylic acids is 1. The summed E-state index contributed by atoms with van der Waals surface area (Å²) in [5, 5.41) is 9.61. The summed E-state index contributed by atoms with van der Waals surface area (Å²) in [6.45, 7) is 6.58. The number of ether oxygens (including phenoxy) is 1. The number of carbonyl (C=O) groups excluding carboxylic acids is 1. The topological polar surface area (TPSA) is 66.8 Å². The van der Waals surface area contributed by atoms with E-state index in [2.05, 4.69) is 0 Å². The van der Waals surface area contributed by atoms with Crippen LogP contribution in [0.5, 0.6) is 5.75 Å². The minimum absolute atomic E-state index is 0.00435. The Kier molecular flexibility index (Phi) is 5.52. The number of carboxylic acids is 1. The number of methoxy groups -OCH3 is 1. The number of nitrogens with zero attached hydrogens (tertiary/aromatic N) is 1. The highest BCUT2D eigenvalue weighted by molar-refractivity contribution is 5.82. The van der Waals surface area contributed by atoms with Crippen LogP contribution in [0.25, 0.3) is 0 Å². The summed E-state index contributed by atoms with van der Waals surface area (Å²) in [4.78, 5) is 26.1. The van der Waals surface area contributed by atoms with E-state index in [-0.39, 0.29) is 17.7 Å². The second kappa shape index (κ2) is 7.24. The molecule has 0 aliphatic carbocycles. The molecule has 2 rings (SSSR count). The van der Waals surface area contributed by atoms with Crippen LogP contribution in [0.2, 0.25) is 0 Å². The maximum absolute atomic E-state index is 12.7. The quantitative estimate of drug-likeness (QED) is 0.869. The van der Waals surface area contributed by atoms with E-state index in [0.717, 1.165) is 11.3 Å². The fraction of sp³-hybridized carbons (Fsp3) is 0.579. The lowest BCUT2D eigenvalue weighted by Crippen LogP contribution is -2.42. The first-order valence-electron chi connectivity index (χ1n) is 8.45. The number of rotatable bonds is 6. The highest BCUT2D eigenvalue weighted by atomic mass is 16.5. The molecule has 2 atom stereocenters. The van der Waals surface area contributed by atoms with E-state index < -0.39 is 11.4 Å². The van der Waals surface area contributed by atoms with Gasteiger partial charge < -0.3 is 14.7 Å². The third kappa shape index (κ3) is 3.55. The van der Waals surface area contributed by atoms with E-state index >= 15 is 0 Å². The highest BCUT2D eigenvalue weighted by Crippen LogP contribution is 2.38. The van der Waals surface area contributed by atoms with Gasteiger partial charge >= 0.3 is 5.97 Å². The molecule has 5 heteroatoms. The summed E-state index contributed by atoms with van der Waals surface area (Å²) in [5.41, 5.74) is 0.263. The number of amides is 1. The van der Waals surface area contributed by atoms with Crippen molar-refractivity contribution in [3.05, 3.63) is 29.8 Å². The molecule has 1 heterocycles. The van der Waals surface area contributed by atoms with Crippen LogP contribution in [0.15, 0.2) is 24.3 Å². The van der Waals surface area contributed by atoms with Crippen molar-refractivity contribution in [1.82, 2.24) is 4.90 Å². The third-order valence-corrected chi connectivity index (χ3v) is 5.27. The molecule has 0 bridgehead atoms. The zero-order valence-electron chi connectivity index (χ0n) is 14.9. The van der Waals surface area contributed by atoms with E-state index in [1.165, 1.54) is 0 Å². The van der Waals surface area contributed by atoms with Crippen molar-refractivity contribution in [1.29, 1.82) is 0 Å². The molecule has 0 spiro atoms. The average molecular weight is 333 g/mol. The number of hydrogen-bond donors (Lipinski definition) is 1. The van der Waals surface area contributed by atoms with Gasteiger partial charge in [0, 0.05) is 19.0 Å². The fourth-order valence-corrected chi connectivity index (χ4v) is 3.43. The molecule has 2 unspecified atom stereocenters. The molecule has 1 aromatic carbocycles. The van der Waals surface area contributed by atoms with Gasteiger partial charge in [-0.2, -0.15) is 0 Å². The Balaban J connectivity index is 2.02. The van der Waals surface area contributed by atoms with Crippen LogP contribution in [0.3, 0.4) is 0 Å². The first-order chi connectivity index (χ1) is 11.3. The van der Waals surface area contributed by atoms with Crippen LogP contribution >= 0.6 is 0 Å². The summed E-state index contributed by atoms with van der Waals surface area (Å²) >= 11 is 0. The number of likely N-dealkylation sites (tertiary alicyclic amines) is 1. The van der Waals surface area contributed by atoms with Gasteiger partial charge in [0.25, 0.3) is 0 Å². The zero-order valence-corrected chi connectivity index (χ0v) is 14.9. The predicted molar refractivity (Wildman–Crippen MR) is 92.0 cm³/mol. The van der Waals surface area contributed by atoms with Gasteiger partial charge in [0.05, 0.1) is 12.5 Å². The second-order valence-corrected chi connectivity index (χ2v) is 7.08. The minimum atomic E-state index is -0.810. The van der Waals surface area contributed by atoms with Crippen molar-refractivity contribution >= 4 is 11.9 Å². The maximum Gasteiger partial charge on any atom is 0.311 e. The highest BCUT2D eigenvalue weighted by Gasteiger charge is 2.48. The summed E-state index contributed by atoms with van der Waals surface area (Å²) in [6.07, 6.45) is 1.17. The summed E-state index contributed by atoms with van der Waals surface area (Å²) in [7, 11) is 1.62. The SMILES string of the molecule is COc1ccc(CC(C)C(=O)N2CCC(C(=O)O)(C(C)C)C2)cc1. The van der Waals surface area contributed by atoms with Gasteiger partial charge in [0.15, 0.2) is 0 Å². The first kappa shape index (κ1) is 18.3. The smallest absolute Gasteiger partial charge is 0.311 e. The summed E-state index contributed by atoms with van der Waals surface area (Å²) in [5.74, 6) is -0.134. The molecule has 132 valence electrons. The molecule has 0 saturated carbocycles. The monoisotopic (exact) mass is 333 g/mol. The van der Waals surface area contributed by atoms with Gasteiger partial charge in [-0.1, -0.05) is 32.9 Å². The van der Waals surface area contributed by atoms with E-state index in [1.54, 1.807) is 12.0 Å². The molecule has 1 aliphatic rings. The van der Waals surface area contributed by atoms with Crippen molar-refractivity contribution in [3.63, 3.8) is 0 Å². The molecule has 1 amide bonds. The largest absolute Gasteiger partial charge is 0.497 e. The minimum Gasteiger partial charge on any atom is -0.497 e. The Morgan fingerprint density at radius 2 is 1.88 bits per heavy atom. The summed E-state index contributed by atoms with van der Waals surface area (Å²) in [6, 6.07) is 7.69. The number of carbonyl (C=O) groups is 2. The van der Waals surface area contributed by atoms with Crippen LogP contribution in [-0.2, 0) is 16.0 Å². The molecule has 1 aliphatic heterocycles. The van der Waals surface area contributed by atoms with Crippen LogP contribution in [0.1, 0.15) is 32.8 Å². The van der Waals surface area contributed by atoms with Crippen LogP contribution in [0.4, 0.5) is 0 Å². The Morgan fingerprint density at radius 3 is 2.33 bits per heavy atom. The molecular formula is C19H27NO4. The van der Waals surface area contributed by atoms with E-state index in [1.807, 2.05) is 45.0 Å². The van der Waals surface area contributed by atoms with Gasteiger partial charge in [0.1, 0.15) is 5.75 Å². The molecular weight excluding hydrogens is 306 g/mol. The Hall–Kier alpha value is -2.04. The average Bonchev–Trinajstić information content (AvgIpc) is 3.01. The molecule has 1 fully saturated rings. The lowest BCUT2D eigenvalue weighted by Gasteiger charge is -2.29. The predicted octanol–water partition coefficient (Wildman–Crippen LogP) is 2.83. The Labute approximate surface area is 143 Å². The lowest BCUT2D eigenvalue weighted by molar-refractivity contribution is -0.151. The molecule has 0 aromatic heterocycles. The van der Waals surface area contributed by atoms with Crippen molar-refractivity contribution < 1.29 is 19.4 Å².